The van der Waals surface area contributed by atoms with Gasteiger partial charge in [-0.25, -0.2) is 8.42 Å². The molecule has 0 spiro atoms. The molecule has 0 saturated carbocycles. The van der Waals surface area contributed by atoms with E-state index in [1.165, 1.54) is 30.5 Å². The molecule has 0 aliphatic carbocycles. The lowest BCUT2D eigenvalue weighted by Gasteiger charge is -2.06. The van der Waals surface area contributed by atoms with Crippen LogP contribution in [0.3, 0.4) is 0 Å². The van der Waals surface area contributed by atoms with Crippen LogP contribution in [-0.2, 0) is 9.05 Å². The van der Waals surface area contributed by atoms with Gasteiger partial charge in [-0.3, -0.25) is 9.78 Å². The van der Waals surface area contributed by atoms with Crippen LogP contribution in [-0.4, -0.2) is 19.3 Å². The standard InChI is InChI=1S/C13H11ClN2O3S/c1-9-6-10(8-15-7-9)13(17)16-11-2-4-12(5-3-11)20(14,18)19/h2-8H,1H3,(H,16,17). The van der Waals surface area contributed by atoms with Crippen LogP contribution in [0.5, 0.6) is 0 Å². The molecule has 1 amide bonds. The maximum Gasteiger partial charge on any atom is 0.261 e. The van der Waals surface area contributed by atoms with Crippen molar-refractivity contribution in [1.82, 2.24) is 4.98 Å². The third-order valence-electron chi connectivity index (χ3n) is 2.53. The van der Waals surface area contributed by atoms with E-state index >= 15 is 0 Å². The van der Waals surface area contributed by atoms with Gasteiger partial charge in [-0.1, -0.05) is 0 Å². The second-order valence-electron chi connectivity index (χ2n) is 4.17. The van der Waals surface area contributed by atoms with Crippen LogP contribution < -0.4 is 5.32 Å². The molecule has 0 unspecified atom stereocenters. The Bertz CT molecular complexity index is 742. The quantitative estimate of drug-likeness (QED) is 0.884. The first-order valence-electron chi connectivity index (χ1n) is 5.64. The van der Waals surface area contributed by atoms with Crippen molar-refractivity contribution in [1.29, 1.82) is 0 Å². The highest BCUT2D eigenvalue weighted by molar-refractivity contribution is 8.13. The number of halogens is 1. The number of aryl methyl sites for hydroxylation is 1. The predicted molar refractivity (Wildman–Crippen MR) is 76.4 cm³/mol. The van der Waals surface area contributed by atoms with Gasteiger partial charge in [0.25, 0.3) is 15.0 Å². The summed E-state index contributed by atoms with van der Waals surface area (Å²) >= 11 is 0. The Morgan fingerprint density at radius 1 is 1.20 bits per heavy atom. The second-order valence-corrected chi connectivity index (χ2v) is 6.73. The Balaban J connectivity index is 2.16. The molecule has 2 aromatic rings. The Labute approximate surface area is 121 Å². The molecule has 0 aliphatic heterocycles. The van der Waals surface area contributed by atoms with Gasteiger partial charge in [0, 0.05) is 28.8 Å². The Morgan fingerprint density at radius 2 is 1.85 bits per heavy atom. The minimum absolute atomic E-state index is 0.0191. The van der Waals surface area contributed by atoms with E-state index in [9.17, 15) is 13.2 Å². The number of benzene rings is 1. The molecule has 0 fully saturated rings. The third-order valence-corrected chi connectivity index (χ3v) is 3.90. The SMILES string of the molecule is Cc1cncc(C(=O)Nc2ccc(S(=O)(=O)Cl)cc2)c1. The molecule has 0 atom stereocenters. The first kappa shape index (κ1) is 14.5. The Morgan fingerprint density at radius 3 is 2.40 bits per heavy atom. The Hall–Kier alpha value is -1.92. The number of hydrogen-bond acceptors (Lipinski definition) is 4. The highest BCUT2D eigenvalue weighted by Gasteiger charge is 2.10. The molecule has 0 aliphatic rings. The molecule has 7 heteroatoms. The van der Waals surface area contributed by atoms with E-state index < -0.39 is 9.05 Å². The van der Waals surface area contributed by atoms with E-state index in [2.05, 4.69) is 10.3 Å². The van der Waals surface area contributed by atoms with Gasteiger partial charge in [0.15, 0.2) is 0 Å². The van der Waals surface area contributed by atoms with Crippen LogP contribution in [0.1, 0.15) is 15.9 Å². The van der Waals surface area contributed by atoms with Crippen LogP contribution >= 0.6 is 10.7 Å². The van der Waals surface area contributed by atoms with Gasteiger partial charge in [0.2, 0.25) is 0 Å². The van der Waals surface area contributed by atoms with Crippen molar-refractivity contribution >= 4 is 31.3 Å². The minimum atomic E-state index is -3.76. The molecule has 0 bridgehead atoms. The van der Waals surface area contributed by atoms with Gasteiger partial charge in [-0.05, 0) is 42.8 Å². The number of rotatable bonds is 3. The van der Waals surface area contributed by atoms with Crippen LogP contribution in [0, 0.1) is 6.92 Å². The molecule has 20 heavy (non-hydrogen) atoms. The van der Waals surface area contributed by atoms with E-state index in [-0.39, 0.29) is 10.8 Å². The number of pyridine rings is 1. The molecule has 2 rings (SSSR count). The number of aromatic nitrogens is 1. The molecule has 5 nitrogen and oxygen atoms in total. The lowest BCUT2D eigenvalue weighted by atomic mass is 10.2. The van der Waals surface area contributed by atoms with Crippen LogP contribution in [0.25, 0.3) is 0 Å². The number of carbonyl (C=O) groups excluding carboxylic acids is 1. The van der Waals surface area contributed by atoms with Crippen molar-refractivity contribution in [3.63, 3.8) is 0 Å². The highest BCUT2D eigenvalue weighted by atomic mass is 35.7. The first-order chi connectivity index (χ1) is 9.36. The number of carbonyl (C=O) groups is 1. The van der Waals surface area contributed by atoms with Crippen LogP contribution in [0.15, 0.2) is 47.6 Å². The van der Waals surface area contributed by atoms with E-state index in [1.54, 1.807) is 12.3 Å². The smallest absolute Gasteiger partial charge is 0.261 e. The fourth-order valence-corrected chi connectivity index (χ4v) is 2.35. The molecule has 1 aromatic heterocycles. The van der Waals surface area contributed by atoms with E-state index in [0.29, 0.717) is 11.3 Å². The molecular formula is C13H11ClN2O3S. The number of nitrogens with one attached hydrogen (secondary N) is 1. The van der Waals surface area contributed by atoms with E-state index in [1.807, 2.05) is 6.92 Å². The molecular weight excluding hydrogens is 300 g/mol. The summed E-state index contributed by atoms with van der Waals surface area (Å²) in [4.78, 5) is 15.9. The monoisotopic (exact) mass is 310 g/mol. The van der Waals surface area contributed by atoms with Crippen molar-refractivity contribution in [2.24, 2.45) is 0 Å². The minimum Gasteiger partial charge on any atom is -0.322 e. The summed E-state index contributed by atoms with van der Waals surface area (Å²) in [6.45, 7) is 1.84. The summed E-state index contributed by atoms with van der Waals surface area (Å²) in [6, 6.07) is 7.30. The average Bonchev–Trinajstić information content (AvgIpc) is 2.38. The lowest BCUT2D eigenvalue weighted by Crippen LogP contribution is -2.12. The summed E-state index contributed by atoms with van der Waals surface area (Å²) in [5, 5.41) is 2.65. The van der Waals surface area contributed by atoms with Gasteiger partial charge in [0.1, 0.15) is 0 Å². The summed E-state index contributed by atoms with van der Waals surface area (Å²) in [5.74, 6) is -0.317. The zero-order valence-corrected chi connectivity index (χ0v) is 12.1. The molecule has 1 aromatic carbocycles. The average molecular weight is 311 g/mol. The fraction of sp³-hybridized carbons (Fsp3) is 0.0769. The van der Waals surface area contributed by atoms with Crippen molar-refractivity contribution in [2.75, 3.05) is 5.32 Å². The molecule has 0 saturated heterocycles. The molecule has 104 valence electrons. The topological polar surface area (TPSA) is 76.1 Å². The first-order valence-corrected chi connectivity index (χ1v) is 7.95. The summed E-state index contributed by atoms with van der Waals surface area (Å²) in [5.41, 5.74) is 1.78. The zero-order valence-electron chi connectivity index (χ0n) is 10.5. The summed E-state index contributed by atoms with van der Waals surface area (Å²) in [7, 11) is 1.45. The van der Waals surface area contributed by atoms with E-state index in [4.69, 9.17) is 10.7 Å². The second kappa shape index (κ2) is 5.60. The van der Waals surface area contributed by atoms with Crippen molar-refractivity contribution in [3.8, 4) is 0 Å². The number of anilines is 1. The van der Waals surface area contributed by atoms with Gasteiger partial charge in [-0.2, -0.15) is 0 Å². The van der Waals surface area contributed by atoms with Crippen molar-refractivity contribution in [3.05, 3.63) is 53.9 Å². The summed E-state index contributed by atoms with van der Waals surface area (Å²) < 4.78 is 22.2. The number of amides is 1. The van der Waals surface area contributed by atoms with Gasteiger partial charge < -0.3 is 5.32 Å². The highest BCUT2D eigenvalue weighted by Crippen LogP contribution is 2.18. The number of hydrogen-bond donors (Lipinski definition) is 1. The lowest BCUT2D eigenvalue weighted by molar-refractivity contribution is 0.102. The zero-order chi connectivity index (χ0) is 14.8. The number of nitrogens with zero attached hydrogens (tertiary/aromatic N) is 1. The van der Waals surface area contributed by atoms with E-state index in [0.717, 1.165) is 5.56 Å². The normalized spacial score (nSPS) is 11.1. The van der Waals surface area contributed by atoms with Gasteiger partial charge in [-0.15, -0.1) is 0 Å². The van der Waals surface area contributed by atoms with Crippen LogP contribution in [0.2, 0.25) is 0 Å². The molecule has 1 heterocycles. The largest absolute Gasteiger partial charge is 0.322 e. The maximum atomic E-state index is 12.0. The Kier molecular flexibility index (Phi) is 4.06. The van der Waals surface area contributed by atoms with Gasteiger partial charge in [0.05, 0.1) is 10.5 Å². The maximum absolute atomic E-state index is 12.0. The third kappa shape index (κ3) is 3.55. The predicted octanol–water partition coefficient (Wildman–Crippen LogP) is 2.57. The van der Waals surface area contributed by atoms with Crippen molar-refractivity contribution < 1.29 is 13.2 Å². The fourth-order valence-electron chi connectivity index (χ4n) is 1.58. The van der Waals surface area contributed by atoms with Crippen LogP contribution in [0.4, 0.5) is 5.69 Å². The van der Waals surface area contributed by atoms with Crippen molar-refractivity contribution in [2.45, 2.75) is 11.8 Å². The summed E-state index contributed by atoms with van der Waals surface area (Å²) in [6.07, 6.45) is 3.11. The molecule has 0 radical (unpaired) electrons. The van der Waals surface area contributed by atoms with Gasteiger partial charge >= 0.3 is 0 Å². The molecule has 1 N–H and O–H groups in total.